The molecule has 2 unspecified atom stereocenters. The summed E-state index contributed by atoms with van der Waals surface area (Å²) in [7, 11) is 0. The molecule has 2 fully saturated rings. The lowest BCUT2D eigenvalue weighted by molar-refractivity contribution is -0.124. The van der Waals surface area contributed by atoms with Crippen molar-refractivity contribution < 1.29 is 9.59 Å². The highest BCUT2D eigenvalue weighted by Crippen LogP contribution is 2.16. The van der Waals surface area contributed by atoms with E-state index >= 15 is 0 Å². The van der Waals surface area contributed by atoms with Crippen molar-refractivity contribution in [2.75, 3.05) is 32.7 Å². The Kier molecular flexibility index (Phi) is 9.51. The van der Waals surface area contributed by atoms with Crippen LogP contribution < -0.4 is 16.0 Å². The molecular weight excluding hydrogens is 399 g/mol. The molecule has 8 heteroatoms. The van der Waals surface area contributed by atoms with Crippen LogP contribution in [0.3, 0.4) is 0 Å². The van der Waals surface area contributed by atoms with Crippen molar-refractivity contribution in [1.82, 2.24) is 20.9 Å². The van der Waals surface area contributed by atoms with Crippen molar-refractivity contribution in [2.45, 2.75) is 38.3 Å². The number of nitrogens with zero attached hydrogens (tertiary/aromatic N) is 1. The van der Waals surface area contributed by atoms with Crippen LogP contribution in [0.2, 0.25) is 5.02 Å². The molecule has 0 saturated carbocycles. The number of hydrogen-bond acceptors (Lipinski definition) is 4. The first-order chi connectivity index (χ1) is 13.1. The van der Waals surface area contributed by atoms with Crippen LogP contribution in [0.4, 0.5) is 0 Å². The van der Waals surface area contributed by atoms with Crippen molar-refractivity contribution in [1.29, 1.82) is 0 Å². The third-order valence-corrected chi connectivity index (χ3v) is 5.57. The minimum absolute atomic E-state index is 0. The van der Waals surface area contributed by atoms with Crippen LogP contribution in [-0.4, -0.2) is 55.5 Å². The molecule has 2 saturated heterocycles. The molecule has 0 bridgehead atoms. The van der Waals surface area contributed by atoms with E-state index in [2.05, 4.69) is 20.9 Å². The van der Waals surface area contributed by atoms with Gasteiger partial charge in [0.15, 0.2) is 0 Å². The number of halogens is 2. The zero-order valence-electron chi connectivity index (χ0n) is 16.1. The minimum Gasteiger partial charge on any atom is -0.354 e. The molecule has 1 aromatic rings. The van der Waals surface area contributed by atoms with E-state index in [1.165, 1.54) is 0 Å². The molecule has 2 aliphatic heterocycles. The van der Waals surface area contributed by atoms with Gasteiger partial charge in [0.05, 0.1) is 12.6 Å². The first-order valence-electron chi connectivity index (χ1n) is 9.85. The van der Waals surface area contributed by atoms with Gasteiger partial charge < -0.3 is 16.0 Å². The average molecular weight is 429 g/mol. The number of piperidine rings is 1. The van der Waals surface area contributed by atoms with Gasteiger partial charge in [-0.25, -0.2) is 0 Å². The molecule has 6 nitrogen and oxygen atoms in total. The third kappa shape index (κ3) is 7.24. The first kappa shape index (κ1) is 22.9. The predicted octanol–water partition coefficient (Wildman–Crippen LogP) is 1.96. The Morgan fingerprint density at radius 3 is 2.64 bits per heavy atom. The smallest absolute Gasteiger partial charge is 0.237 e. The van der Waals surface area contributed by atoms with Crippen molar-refractivity contribution in [3.8, 4) is 0 Å². The maximum Gasteiger partial charge on any atom is 0.237 e. The van der Waals surface area contributed by atoms with Crippen LogP contribution in [0, 0.1) is 5.92 Å². The molecule has 3 rings (SSSR count). The van der Waals surface area contributed by atoms with Gasteiger partial charge in [-0.1, -0.05) is 23.7 Å². The topological polar surface area (TPSA) is 73.5 Å². The van der Waals surface area contributed by atoms with Crippen molar-refractivity contribution >= 4 is 35.8 Å². The number of likely N-dealkylation sites (tertiary alicyclic amines) is 1. The second kappa shape index (κ2) is 11.6. The van der Waals surface area contributed by atoms with E-state index in [9.17, 15) is 9.59 Å². The summed E-state index contributed by atoms with van der Waals surface area (Å²) in [5.74, 6) is 0.559. The number of carbonyl (C=O) groups excluding carboxylic acids is 2. The molecular formula is C20H30Cl2N4O2. The molecule has 28 heavy (non-hydrogen) atoms. The summed E-state index contributed by atoms with van der Waals surface area (Å²) in [6.45, 7) is 4.33. The summed E-state index contributed by atoms with van der Waals surface area (Å²) in [5, 5.41) is 9.97. The number of carbonyl (C=O) groups is 2. The van der Waals surface area contributed by atoms with E-state index in [4.69, 9.17) is 11.6 Å². The summed E-state index contributed by atoms with van der Waals surface area (Å²) in [6, 6.07) is 7.47. The minimum atomic E-state index is -0.0247. The molecule has 0 spiro atoms. The molecule has 156 valence electrons. The van der Waals surface area contributed by atoms with Crippen molar-refractivity contribution in [3.63, 3.8) is 0 Å². The van der Waals surface area contributed by atoms with E-state index in [0.717, 1.165) is 50.9 Å². The maximum absolute atomic E-state index is 12.2. The standard InChI is InChI=1S/C20H29ClN4O2.ClH/c21-17-7-5-15(6-8-17)11-23-19(26)14-25-10-2-3-16(13-25)12-24-20(27)18-4-1-9-22-18;/h5-8,16,18,22H,1-4,9-14H2,(H,23,26)(H,24,27);1H. The molecule has 0 aliphatic carbocycles. The van der Waals surface area contributed by atoms with E-state index < -0.39 is 0 Å². The summed E-state index contributed by atoms with van der Waals surface area (Å²) in [5.41, 5.74) is 1.03. The van der Waals surface area contributed by atoms with Crippen LogP contribution in [0.1, 0.15) is 31.2 Å². The summed E-state index contributed by atoms with van der Waals surface area (Å²) in [4.78, 5) is 26.6. The van der Waals surface area contributed by atoms with E-state index in [1.54, 1.807) is 0 Å². The van der Waals surface area contributed by atoms with Gasteiger partial charge >= 0.3 is 0 Å². The van der Waals surface area contributed by atoms with Crippen LogP contribution in [-0.2, 0) is 16.1 Å². The molecule has 0 aromatic heterocycles. The Hall–Kier alpha value is -1.34. The zero-order chi connectivity index (χ0) is 19.1. The fraction of sp³-hybridized carbons (Fsp3) is 0.600. The number of amides is 2. The highest BCUT2D eigenvalue weighted by atomic mass is 35.5. The van der Waals surface area contributed by atoms with Gasteiger partial charge in [-0.3, -0.25) is 14.5 Å². The Morgan fingerprint density at radius 2 is 1.93 bits per heavy atom. The van der Waals surface area contributed by atoms with Crippen LogP contribution >= 0.6 is 24.0 Å². The number of rotatable bonds is 7. The predicted molar refractivity (Wildman–Crippen MR) is 114 cm³/mol. The number of hydrogen-bond donors (Lipinski definition) is 3. The second-order valence-electron chi connectivity index (χ2n) is 7.54. The van der Waals surface area contributed by atoms with Gasteiger partial charge in [-0.2, -0.15) is 0 Å². The monoisotopic (exact) mass is 428 g/mol. The Morgan fingerprint density at radius 1 is 1.14 bits per heavy atom. The third-order valence-electron chi connectivity index (χ3n) is 5.32. The van der Waals surface area contributed by atoms with E-state index in [1.807, 2.05) is 24.3 Å². The van der Waals surface area contributed by atoms with Gasteiger partial charge in [0.2, 0.25) is 11.8 Å². The SMILES string of the molecule is Cl.O=C(CN1CCCC(CNC(=O)C2CCCN2)C1)NCc1ccc(Cl)cc1. The summed E-state index contributed by atoms with van der Waals surface area (Å²) < 4.78 is 0. The highest BCUT2D eigenvalue weighted by Gasteiger charge is 2.25. The molecule has 2 aliphatic rings. The second-order valence-corrected chi connectivity index (χ2v) is 7.98. The normalized spacial score (nSPS) is 22.3. The zero-order valence-corrected chi connectivity index (χ0v) is 17.7. The molecule has 2 atom stereocenters. The Labute approximate surface area is 178 Å². The summed E-state index contributed by atoms with van der Waals surface area (Å²) in [6.07, 6.45) is 4.16. The van der Waals surface area contributed by atoms with Crippen molar-refractivity contribution in [3.05, 3.63) is 34.9 Å². The van der Waals surface area contributed by atoms with Gasteiger partial charge in [-0.15, -0.1) is 12.4 Å². The fourth-order valence-electron chi connectivity index (χ4n) is 3.80. The van der Waals surface area contributed by atoms with Crippen LogP contribution in [0.15, 0.2) is 24.3 Å². The van der Waals surface area contributed by atoms with Crippen LogP contribution in [0.25, 0.3) is 0 Å². The molecule has 3 N–H and O–H groups in total. The highest BCUT2D eigenvalue weighted by molar-refractivity contribution is 6.30. The van der Waals surface area contributed by atoms with Gasteiger partial charge in [0, 0.05) is 24.7 Å². The lowest BCUT2D eigenvalue weighted by atomic mass is 9.98. The number of benzene rings is 1. The lowest BCUT2D eigenvalue weighted by Gasteiger charge is -2.32. The Bertz CT molecular complexity index is 636. The first-order valence-corrected chi connectivity index (χ1v) is 10.2. The van der Waals surface area contributed by atoms with Gasteiger partial charge in [0.1, 0.15) is 0 Å². The summed E-state index contributed by atoms with van der Waals surface area (Å²) >= 11 is 5.88. The molecule has 0 radical (unpaired) electrons. The fourth-order valence-corrected chi connectivity index (χ4v) is 3.93. The lowest BCUT2D eigenvalue weighted by Crippen LogP contribution is -2.47. The quantitative estimate of drug-likeness (QED) is 0.620. The molecule has 2 heterocycles. The van der Waals surface area contributed by atoms with Crippen molar-refractivity contribution in [2.24, 2.45) is 5.92 Å². The van der Waals surface area contributed by atoms with Gasteiger partial charge in [-0.05, 0) is 62.4 Å². The largest absolute Gasteiger partial charge is 0.354 e. The maximum atomic E-state index is 12.2. The average Bonchev–Trinajstić information content (AvgIpc) is 3.21. The Balaban J connectivity index is 0.00000280. The van der Waals surface area contributed by atoms with Crippen LogP contribution in [0.5, 0.6) is 0 Å². The number of nitrogens with one attached hydrogen (secondary N) is 3. The molecule has 2 amide bonds. The van der Waals surface area contributed by atoms with E-state index in [0.29, 0.717) is 30.6 Å². The van der Waals surface area contributed by atoms with E-state index in [-0.39, 0.29) is 30.3 Å². The molecule has 1 aromatic carbocycles. The van der Waals surface area contributed by atoms with Gasteiger partial charge in [0.25, 0.3) is 0 Å².